The van der Waals surface area contributed by atoms with Gasteiger partial charge in [0.1, 0.15) is 12.2 Å². The lowest BCUT2D eigenvalue weighted by Gasteiger charge is -2.27. The quantitative estimate of drug-likeness (QED) is 0.442. The van der Waals surface area contributed by atoms with Gasteiger partial charge in [0.05, 0.1) is 12.0 Å². The molecule has 0 aliphatic rings. The topological polar surface area (TPSA) is 81.7 Å². The monoisotopic (exact) mass is 467 g/mol. The standard InChI is InChI=1S/C28H37NO5/c1-6-20(2)25(29-27(32)34-28(3,4)5)24(30)18-23(17-21-13-9-7-10-14-21)26(31)33-19-22-15-11-8-12-16-22/h7-16,20,23,25H,6,17-19H2,1-5H3,(H,29,32)/t20?,23-,25+/m1/s1. The van der Waals surface area contributed by atoms with Gasteiger partial charge in [0, 0.05) is 6.42 Å². The molecule has 0 aliphatic heterocycles. The SMILES string of the molecule is CCC(C)[C@H](NC(=O)OC(C)(C)C)C(=O)C[C@@H](Cc1ccccc1)C(=O)OCc1ccccc1. The molecule has 3 atom stereocenters. The Morgan fingerprint density at radius 1 is 0.912 bits per heavy atom. The second kappa shape index (κ2) is 12.9. The Kier molecular flexibility index (Phi) is 10.3. The summed E-state index contributed by atoms with van der Waals surface area (Å²) in [5.41, 5.74) is 1.14. The molecule has 0 saturated heterocycles. The Balaban J connectivity index is 2.16. The number of hydrogen-bond donors (Lipinski definition) is 1. The summed E-state index contributed by atoms with van der Waals surface area (Å²) in [6.07, 6.45) is 0.388. The maximum absolute atomic E-state index is 13.3. The van der Waals surface area contributed by atoms with Crippen LogP contribution in [0.3, 0.4) is 0 Å². The molecule has 2 aromatic rings. The molecule has 0 radical (unpaired) electrons. The van der Waals surface area contributed by atoms with E-state index < -0.39 is 29.6 Å². The molecule has 0 aliphatic carbocycles. The van der Waals surface area contributed by atoms with Crippen molar-refractivity contribution in [2.75, 3.05) is 0 Å². The molecule has 0 aromatic heterocycles. The average molecular weight is 468 g/mol. The van der Waals surface area contributed by atoms with Crippen LogP contribution in [0.1, 0.15) is 58.6 Å². The van der Waals surface area contributed by atoms with E-state index in [1.807, 2.05) is 74.5 Å². The number of ketones is 1. The number of Topliss-reactive ketones (excluding diaryl/α,β-unsaturated/α-hetero) is 1. The van der Waals surface area contributed by atoms with E-state index in [-0.39, 0.29) is 24.7 Å². The number of rotatable bonds is 11. The van der Waals surface area contributed by atoms with Crippen LogP contribution in [0.25, 0.3) is 0 Å². The summed E-state index contributed by atoms with van der Waals surface area (Å²) >= 11 is 0. The summed E-state index contributed by atoms with van der Waals surface area (Å²) in [5, 5.41) is 2.73. The number of esters is 1. The van der Waals surface area contributed by atoms with E-state index >= 15 is 0 Å². The van der Waals surface area contributed by atoms with E-state index in [0.717, 1.165) is 11.1 Å². The van der Waals surface area contributed by atoms with Gasteiger partial charge in [0.2, 0.25) is 0 Å². The van der Waals surface area contributed by atoms with Crippen LogP contribution < -0.4 is 5.32 Å². The Bertz CT molecular complexity index is 921. The summed E-state index contributed by atoms with van der Waals surface area (Å²) in [4.78, 5) is 38.8. The Morgan fingerprint density at radius 3 is 2.00 bits per heavy atom. The molecule has 184 valence electrons. The second-order valence-corrected chi connectivity index (χ2v) is 9.66. The van der Waals surface area contributed by atoms with Crippen molar-refractivity contribution < 1.29 is 23.9 Å². The van der Waals surface area contributed by atoms with Crippen molar-refractivity contribution in [3.8, 4) is 0 Å². The lowest BCUT2D eigenvalue weighted by atomic mass is 9.87. The third-order valence-corrected chi connectivity index (χ3v) is 5.56. The smallest absolute Gasteiger partial charge is 0.408 e. The zero-order valence-electron chi connectivity index (χ0n) is 20.9. The number of nitrogens with one attached hydrogen (secondary N) is 1. The van der Waals surface area contributed by atoms with E-state index in [0.29, 0.717) is 12.8 Å². The predicted molar refractivity (Wildman–Crippen MR) is 132 cm³/mol. The van der Waals surface area contributed by atoms with Crippen molar-refractivity contribution in [2.45, 2.75) is 72.1 Å². The molecule has 0 heterocycles. The minimum Gasteiger partial charge on any atom is -0.461 e. The molecular formula is C28H37NO5. The van der Waals surface area contributed by atoms with Crippen molar-refractivity contribution in [1.82, 2.24) is 5.32 Å². The summed E-state index contributed by atoms with van der Waals surface area (Å²) in [5.74, 6) is -1.41. The lowest BCUT2D eigenvalue weighted by molar-refractivity contribution is -0.151. The van der Waals surface area contributed by atoms with Crippen LogP contribution in [-0.4, -0.2) is 29.5 Å². The molecule has 6 heteroatoms. The fraction of sp³-hybridized carbons (Fsp3) is 0.464. The number of amides is 1. The third kappa shape index (κ3) is 9.38. The number of carbonyl (C=O) groups is 3. The fourth-order valence-electron chi connectivity index (χ4n) is 3.56. The van der Waals surface area contributed by atoms with E-state index in [9.17, 15) is 14.4 Å². The summed E-state index contributed by atoms with van der Waals surface area (Å²) in [6, 6.07) is 18.2. The Hall–Kier alpha value is -3.15. The van der Waals surface area contributed by atoms with Gasteiger partial charge in [-0.05, 0) is 44.2 Å². The van der Waals surface area contributed by atoms with Crippen molar-refractivity contribution in [1.29, 1.82) is 0 Å². The number of carbonyl (C=O) groups excluding carboxylic acids is 3. The summed E-state index contributed by atoms with van der Waals surface area (Å²) in [6.45, 7) is 9.31. The normalized spacial score (nSPS) is 13.9. The third-order valence-electron chi connectivity index (χ3n) is 5.56. The van der Waals surface area contributed by atoms with E-state index in [1.165, 1.54) is 0 Å². The van der Waals surface area contributed by atoms with Crippen molar-refractivity contribution in [3.63, 3.8) is 0 Å². The zero-order valence-corrected chi connectivity index (χ0v) is 20.9. The number of hydrogen-bond acceptors (Lipinski definition) is 5. The molecule has 34 heavy (non-hydrogen) atoms. The van der Waals surface area contributed by atoms with Gasteiger partial charge < -0.3 is 14.8 Å². The van der Waals surface area contributed by atoms with Crippen LogP contribution in [0.4, 0.5) is 4.79 Å². The minimum atomic E-state index is -0.750. The zero-order chi connectivity index (χ0) is 25.1. The molecule has 0 bridgehead atoms. The fourth-order valence-corrected chi connectivity index (χ4v) is 3.56. The van der Waals surface area contributed by atoms with E-state index in [2.05, 4.69) is 5.32 Å². The highest BCUT2D eigenvalue weighted by molar-refractivity contribution is 5.90. The number of alkyl carbamates (subject to hydrolysis) is 1. The van der Waals surface area contributed by atoms with Crippen molar-refractivity contribution >= 4 is 17.8 Å². The molecule has 0 saturated carbocycles. The van der Waals surface area contributed by atoms with Gasteiger partial charge in [-0.15, -0.1) is 0 Å². The predicted octanol–water partition coefficient (Wildman–Crippen LogP) is 5.49. The first-order valence-electron chi connectivity index (χ1n) is 11.9. The summed E-state index contributed by atoms with van der Waals surface area (Å²) in [7, 11) is 0. The Morgan fingerprint density at radius 2 is 1.47 bits per heavy atom. The largest absolute Gasteiger partial charge is 0.461 e. The van der Waals surface area contributed by atoms with Gasteiger partial charge >= 0.3 is 12.1 Å². The van der Waals surface area contributed by atoms with Gasteiger partial charge in [-0.2, -0.15) is 0 Å². The van der Waals surface area contributed by atoms with Gasteiger partial charge in [-0.3, -0.25) is 9.59 Å². The lowest BCUT2D eigenvalue weighted by Crippen LogP contribution is -2.47. The number of ether oxygens (including phenoxy) is 2. The van der Waals surface area contributed by atoms with E-state index in [4.69, 9.17) is 9.47 Å². The molecular weight excluding hydrogens is 430 g/mol. The van der Waals surface area contributed by atoms with Gasteiger partial charge in [-0.25, -0.2) is 4.79 Å². The highest BCUT2D eigenvalue weighted by Crippen LogP contribution is 2.20. The highest BCUT2D eigenvalue weighted by atomic mass is 16.6. The molecule has 2 aromatic carbocycles. The molecule has 6 nitrogen and oxygen atoms in total. The maximum atomic E-state index is 13.3. The van der Waals surface area contributed by atoms with Crippen LogP contribution in [0, 0.1) is 11.8 Å². The van der Waals surface area contributed by atoms with Crippen molar-refractivity contribution in [2.24, 2.45) is 11.8 Å². The molecule has 2 rings (SSSR count). The molecule has 1 unspecified atom stereocenters. The highest BCUT2D eigenvalue weighted by Gasteiger charge is 2.32. The molecule has 1 amide bonds. The van der Waals surface area contributed by atoms with Crippen LogP contribution in [0.2, 0.25) is 0 Å². The second-order valence-electron chi connectivity index (χ2n) is 9.66. The first-order valence-corrected chi connectivity index (χ1v) is 11.9. The molecule has 0 fully saturated rings. The molecule has 0 spiro atoms. The minimum absolute atomic E-state index is 0.0344. The van der Waals surface area contributed by atoms with Crippen molar-refractivity contribution in [3.05, 3.63) is 71.8 Å². The van der Waals surface area contributed by atoms with Gasteiger partial charge in [-0.1, -0.05) is 80.9 Å². The van der Waals surface area contributed by atoms with Gasteiger partial charge in [0.15, 0.2) is 5.78 Å². The van der Waals surface area contributed by atoms with Gasteiger partial charge in [0.25, 0.3) is 0 Å². The van der Waals surface area contributed by atoms with Crippen LogP contribution in [0.15, 0.2) is 60.7 Å². The first-order chi connectivity index (χ1) is 16.1. The Labute approximate surface area is 203 Å². The summed E-state index contributed by atoms with van der Waals surface area (Å²) < 4.78 is 10.9. The van der Waals surface area contributed by atoms with Crippen LogP contribution in [-0.2, 0) is 32.1 Å². The van der Waals surface area contributed by atoms with Crippen LogP contribution >= 0.6 is 0 Å². The first kappa shape index (κ1) is 27.1. The van der Waals surface area contributed by atoms with E-state index in [1.54, 1.807) is 20.8 Å². The number of benzene rings is 2. The average Bonchev–Trinajstić information content (AvgIpc) is 2.80. The molecule has 1 N–H and O–H groups in total. The maximum Gasteiger partial charge on any atom is 0.408 e. The van der Waals surface area contributed by atoms with Crippen LogP contribution in [0.5, 0.6) is 0 Å².